The molecule has 2 aromatic rings. The van der Waals surface area contributed by atoms with Gasteiger partial charge in [0.15, 0.2) is 5.02 Å². The molecule has 0 saturated carbocycles. The van der Waals surface area contributed by atoms with Crippen molar-refractivity contribution in [2.75, 3.05) is 0 Å². The first-order valence-electron chi connectivity index (χ1n) is 5.07. The van der Waals surface area contributed by atoms with Gasteiger partial charge in [0.05, 0.1) is 18.8 Å². The number of hydrogen-bond donors (Lipinski definition) is 1. The molecule has 0 saturated heterocycles. The van der Waals surface area contributed by atoms with Gasteiger partial charge < -0.3 is 9.72 Å². The van der Waals surface area contributed by atoms with Crippen molar-refractivity contribution < 1.29 is 4.74 Å². The monoisotopic (exact) mass is 261 g/mol. The van der Waals surface area contributed by atoms with E-state index in [4.69, 9.17) is 21.6 Å². The Morgan fingerprint density at radius 2 is 2.11 bits per heavy atom. The summed E-state index contributed by atoms with van der Waals surface area (Å²) in [4.78, 5) is 17.4. The first-order chi connectivity index (χ1) is 8.70. The molecule has 0 radical (unpaired) electrons. The van der Waals surface area contributed by atoms with Gasteiger partial charge in [0.1, 0.15) is 5.75 Å². The van der Waals surface area contributed by atoms with Gasteiger partial charge in [-0.1, -0.05) is 23.7 Å². The van der Waals surface area contributed by atoms with Crippen molar-refractivity contribution in [3.63, 3.8) is 0 Å². The van der Waals surface area contributed by atoms with Crippen LogP contribution in [0.3, 0.4) is 0 Å². The van der Waals surface area contributed by atoms with E-state index in [9.17, 15) is 4.79 Å². The number of nitrogens with zero attached hydrogens (tertiary/aromatic N) is 2. The molecule has 0 atom stereocenters. The van der Waals surface area contributed by atoms with Crippen molar-refractivity contribution in [1.82, 2.24) is 9.97 Å². The zero-order valence-corrected chi connectivity index (χ0v) is 9.94. The average Bonchev–Trinajstić information content (AvgIpc) is 2.38. The van der Waals surface area contributed by atoms with Crippen molar-refractivity contribution in [1.29, 1.82) is 5.26 Å². The summed E-state index contributed by atoms with van der Waals surface area (Å²) in [6.07, 6.45) is 1.55. The second-order valence-electron chi connectivity index (χ2n) is 3.43. The fourth-order valence-electron chi connectivity index (χ4n) is 1.32. The number of rotatable bonds is 3. The summed E-state index contributed by atoms with van der Waals surface area (Å²) < 4.78 is 5.38. The minimum atomic E-state index is -0.456. The van der Waals surface area contributed by atoms with Crippen molar-refractivity contribution in [3.8, 4) is 17.7 Å². The second kappa shape index (κ2) is 5.34. The number of H-pyrrole nitrogens is 1. The molecule has 1 aromatic heterocycles. The van der Waals surface area contributed by atoms with Crippen LogP contribution in [0.1, 0.15) is 5.56 Å². The van der Waals surface area contributed by atoms with Crippen LogP contribution in [-0.2, 0) is 6.42 Å². The maximum absolute atomic E-state index is 11.2. The van der Waals surface area contributed by atoms with E-state index >= 15 is 0 Å². The number of nitriles is 1. The molecule has 1 heterocycles. The van der Waals surface area contributed by atoms with Gasteiger partial charge in [0, 0.05) is 0 Å². The lowest BCUT2D eigenvalue weighted by Gasteiger charge is -2.05. The van der Waals surface area contributed by atoms with Crippen molar-refractivity contribution >= 4 is 11.6 Å². The van der Waals surface area contributed by atoms with E-state index in [0.29, 0.717) is 12.2 Å². The molecule has 18 heavy (non-hydrogen) atoms. The van der Waals surface area contributed by atoms with Crippen LogP contribution in [0.25, 0.3) is 0 Å². The smallest absolute Gasteiger partial charge is 0.273 e. The molecule has 1 aromatic carbocycles. The number of aromatic amines is 1. The molecule has 6 heteroatoms. The Labute approximate surface area is 108 Å². The molecule has 5 nitrogen and oxygen atoms in total. The van der Waals surface area contributed by atoms with Gasteiger partial charge in [0.25, 0.3) is 5.56 Å². The Morgan fingerprint density at radius 3 is 2.78 bits per heavy atom. The maximum atomic E-state index is 11.2. The molecule has 0 fully saturated rings. The van der Waals surface area contributed by atoms with Gasteiger partial charge in [-0.2, -0.15) is 5.26 Å². The molecule has 90 valence electrons. The number of aromatic nitrogens is 2. The highest BCUT2D eigenvalue weighted by Crippen LogP contribution is 2.23. The van der Waals surface area contributed by atoms with Crippen LogP contribution in [0.5, 0.6) is 11.6 Å². The second-order valence-corrected chi connectivity index (χ2v) is 3.81. The third-order valence-electron chi connectivity index (χ3n) is 2.19. The van der Waals surface area contributed by atoms with Crippen molar-refractivity contribution in [2.24, 2.45) is 0 Å². The number of benzene rings is 1. The predicted molar refractivity (Wildman–Crippen MR) is 65.7 cm³/mol. The molecule has 0 aliphatic heterocycles. The highest BCUT2D eigenvalue weighted by molar-refractivity contribution is 6.31. The summed E-state index contributed by atoms with van der Waals surface area (Å²) in [5, 5.41) is 8.45. The van der Waals surface area contributed by atoms with Gasteiger partial charge in [-0.15, -0.1) is 0 Å². The number of nitrogens with one attached hydrogen (secondary N) is 1. The van der Waals surface area contributed by atoms with E-state index in [2.05, 4.69) is 16.0 Å². The lowest BCUT2D eigenvalue weighted by atomic mass is 10.2. The lowest BCUT2D eigenvalue weighted by Crippen LogP contribution is -2.07. The third kappa shape index (κ3) is 2.67. The lowest BCUT2D eigenvalue weighted by molar-refractivity contribution is 0.460. The van der Waals surface area contributed by atoms with Gasteiger partial charge >= 0.3 is 0 Å². The fraction of sp³-hybridized carbons (Fsp3) is 0.0833. The Hall–Kier alpha value is -2.32. The van der Waals surface area contributed by atoms with Crippen LogP contribution >= 0.6 is 11.6 Å². The van der Waals surface area contributed by atoms with Crippen LogP contribution in [0.2, 0.25) is 5.02 Å². The molecule has 0 unspecified atom stereocenters. The van der Waals surface area contributed by atoms with Gasteiger partial charge in [0.2, 0.25) is 5.88 Å². The van der Waals surface area contributed by atoms with Crippen molar-refractivity contribution in [2.45, 2.75) is 6.42 Å². The van der Waals surface area contributed by atoms with Crippen LogP contribution < -0.4 is 10.3 Å². The molecule has 0 aliphatic carbocycles. The Balaban J connectivity index is 2.21. The van der Waals surface area contributed by atoms with E-state index < -0.39 is 5.56 Å². The highest BCUT2D eigenvalue weighted by atomic mass is 35.5. The summed E-state index contributed by atoms with van der Waals surface area (Å²) in [7, 11) is 0. The van der Waals surface area contributed by atoms with E-state index in [1.807, 2.05) is 0 Å². The van der Waals surface area contributed by atoms with E-state index in [1.165, 1.54) is 6.33 Å². The molecule has 2 rings (SSSR count). The van der Waals surface area contributed by atoms with Gasteiger partial charge in [-0.3, -0.25) is 4.79 Å². The summed E-state index contributed by atoms with van der Waals surface area (Å²) in [5.41, 5.74) is 0.428. The SMILES string of the molecule is N#CCc1ccc(Oc2nc[nH]c(=O)c2Cl)cc1. The van der Waals surface area contributed by atoms with Gasteiger partial charge in [-0.25, -0.2) is 4.98 Å². The normalized spacial score (nSPS) is 9.78. The first kappa shape index (κ1) is 12.1. The van der Waals surface area contributed by atoms with Crippen molar-refractivity contribution in [3.05, 3.63) is 51.5 Å². The molecular formula is C12H8ClN3O2. The molecule has 1 N–H and O–H groups in total. The first-order valence-corrected chi connectivity index (χ1v) is 5.45. The summed E-state index contributed by atoms with van der Waals surface area (Å²) in [5.74, 6) is 0.546. The molecule has 0 bridgehead atoms. The number of hydrogen-bond acceptors (Lipinski definition) is 4. The highest BCUT2D eigenvalue weighted by Gasteiger charge is 2.08. The standard InChI is InChI=1S/C12H8ClN3O2/c13-10-11(17)15-7-16-12(10)18-9-3-1-8(2-4-9)5-6-14/h1-4,7H,5H2,(H,15,16,17). The third-order valence-corrected chi connectivity index (χ3v) is 2.52. The summed E-state index contributed by atoms with van der Waals surface area (Å²) in [6.45, 7) is 0. The Kier molecular flexibility index (Phi) is 3.60. The Bertz CT molecular complexity index is 644. The van der Waals surface area contributed by atoms with E-state index in [0.717, 1.165) is 5.56 Å². The van der Waals surface area contributed by atoms with Crippen LogP contribution in [0.15, 0.2) is 35.4 Å². The number of halogens is 1. The minimum absolute atomic E-state index is 0.0495. The number of ether oxygens (including phenoxy) is 1. The zero-order chi connectivity index (χ0) is 13.0. The van der Waals surface area contributed by atoms with Gasteiger partial charge in [-0.05, 0) is 17.7 Å². The maximum Gasteiger partial charge on any atom is 0.273 e. The fourth-order valence-corrected chi connectivity index (χ4v) is 1.46. The van der Waals surface area contributed by atoms with Crippen LogP contribution in [-0.4, -0.2) is 9.97 Å². The molecule has 0 spiro atoms. The van der Waals surface area contributed by atoms with Crippen LogP contribution in [0, 0.1) is 11.3 Å². The zero-order valence-electron chi connectivity index (χ0n) is 9.18. The quantitative estimate of drug-likeness (QED) is 0.919. The van der Waals surface area contributed by atoms with E-state index in [-0.39, 0.29) is 10.9 Å². The van der Waals surface area contributed by atoms with Crippen LogP contribution in [0.4, 0.5) is 0 Å². The van der Waals surface area contributed by atoms with E-state index in [1.54, 1.807) is 24.3 Å². The largest absolute Gasteiger partial charge is 0.437 e. The Morgan fingerprint density at radius 1 is 1.39 bits per heavy atom. The average molecular weight is 262 g/mol. The predicted octanol–water partition coefficient (Wildman–Crippen LogP) is 2.28. The summed E-state index contributed by atoms with van der Waals surface area (Å²) >= 11 is 5.75. The summed E-state index contributed by atoms with van der Waals surface area (Å²) in [6, 6.07) is 8.95. The minimum Gasteiger partial charge on any atom is -0.437 e. The molecule has 0 amide bonds. The molecule has 0 aliphatic rings. The topological polar surface area (TPSA) is 78.8 Å². The molecular weight excluding hydrogens is 254 g/mol.